The first-order valence-corrected chi connectivity index (χ1v) is 7.12. The summed E-state index contributed by atoms with van der Waals surface area (Å²) in [5.41, 5.74) is 8.43. The van der Waals surface area contributed by atoms with Crippen LogP contribution in [0.15, 0.2) is 12.1 Å². The Labute approximate surface area is 124 Å². The molecule has 0 saturated carbocycles. The van der Waals surface area contributed by atoms with Crippen LogP contribution in [0, 0.1) is 0 Å². The number of methoxy groups -OCH3 is 1. The molecule has 1 aromatic rings. The summed E-state index contributed by atoms with van der Waals surface area (Å²) in [6.07, 6.45) is 2.00. The molecule has 0 bridgehead atoms. The number of rotatable bonds is 8. The molecule has 2 rings (SSSR count). The lowest BCUT2D eigenvalue weighted by Gasteiger charge is -2.19. The summed E-state index contributed by atoms with van der Waals surface area (Å²) in [6.45, 7) is 2.32. The molecular weight excluding hydrogens is 272 g/mol. The number of hydrogen-bond acceptors (Lipinski definition) is 5. The largest absolute Gasteiger partial charge is 0.491 e. The summed E-state index contributed by atoms with van der Waals surface area (Å²) >= 11 is 0. The maximum absolute atomic E-state index is 11.4. The topological polar surface area (TPSA) is 82.8 Å². The first-order valence-electron chi connectivity index (χ1n) is 7.12. The van der Waals surface area contributed by atoms with E-state index in [-0.39, 0.29) is 5.91 Å². The fourth-order valence-electron chi connectivity index (χ4n) is 2.14. The van der Waals surface area contributed by atoms with Gasteiger partial charge in [-0.15, -0.1) is 0 Å². The minimum absolute atomic E-state index is 0.0322. The SMILES string of the molecule is COCCOCCCOc1cc2c(cc1N)CCC(=O)N2. The van der Waals surface area contributed by atoms with Crippen LogP contribution in [0.5, 0.6) is 5.75 Å². The Morgan fingerprint density at radius 1 is 1.19 bits per heavy atom. The van der Waals surface area contributed by atoms with E-state index < -0.39 is 0 Å². The smallest absolute Gasteiger partial charge is 0.224 e. The second-order valence-electron chi connectivity index (χ2n) is 4.90. The summed E-state index contributed by atoms with van der Waals surface area (Å²) in [5, 5.41) is 2.84. The van der Waals surface area contributed by atoms with Gasteiger partial charge in [0, 0.05) is 38.3 Å². The highest BCUT2D eigenvalue weighted by atomic mass is 16.5. The molecule has 0 unspecified atom stereocenters. The number of nitrogens with one attached hydrogen (secondary N) is 1. The maximum atomic E-state index is 11.4. The Kier molecular flexibility index (Phi) is 5.83. The second kappa shape index (κ2) is 7.85. The highest BCUT2D eigenvalue weighted by Crippen LogP contribution is 2.32. The van der Waals surface area contributed by atoms with Gasteiger partial charge in [-0.25, -0.2) is 0 Å². The molecule has 0 aliphatic carbocycles. The van der Waals surface area contributed by atoms with E-state index in [9.17, 15) is 4.79 Å². The van der Waals surface area contributed by atoms with Gasteiger partial charge in [0.15, 0.2) is 0 Å². The molecule has 0 saturated heterocycles. The molecule has 1 amide bonds. The van der Waals surface area contributed by atoms with Crippen molar-refractivity contribution in [3.8, 4) is 5.75 Å². The number of anilines is 2. The zero-order valence-corrected chi connectivity index (χ0v) is 12.3. The van der Waals surface area contributed by atoms with Crippen molar-refractivity contribution in [1.82, 2.24) is 0 Å². The number of nitrogens with two attached hydrogens (primary N) is 1. The number of ether oxygens (including phenoxy) is 3. The van der Waals surface area contributed by atoms with Crippen molar-refractivity contribution in [2.24, 2.45) is 0 Å². The Morgan fingerprint density at radius 2 is 2.05 bits per heavy atom. The van der Waals surface area contributed by atoms with Gasteiger partial charge in [0.25, 0.3) is 0 Å². The molecule has 6 heteroatoms. The predicted molar refractivity (Wildman–Crippen MR) is 80.6 cm³/mol. The van der Waals surface area contributed by atoms with Gasteiger partial charge < -0.3 is 25.3 Å². The van der Waals surface area contributed by atoms with E-state index in [1.54, 1.807) is 13.2 Å². The number of benzene rings is 1. The zero-order valence-electron chi connectivity index (χ0n) is 12.3. The van der Waals surface area contributed by atoms with Crippen LogP contribution in [-0.4, -0.2) is 39.4 Å². The molecule has 116 valence electrons. The summed E-state index contributed by atoms with van der Waals surface area (Å²) < 4.78 is 15.9. The monoisotopic (exact) mass is 294 g/mol. The number of carbonyl (C=O) groups excluding carboxylic acids is 1. The summed E-state index contributed by atoms with van der Waals surface area (Å²) in [5.74, 6) is 0.637. The van der Waals surface area contributed by atoms with Gasteiger partial charge in [-0.1, -0.05) is 0 Å². The van der Waals surface area contributed by atoms with Crippen molar-refractivity contribution >= 4 is 17.3 Å². The minimum Gasteiger partial charge on any atom is -0.491 e. The van der Waals surface area contributed by atoms with Gasteiger partial charge in [-0.05, 0) is 18.1 Å². The van der Waals surface area contributed by atoms with Crippen LogP contribution in [0.1, 0.15) is 18.4 Å². The normalized spacial score (nSPS) is 13.7. The van der Waals surface area contributed by atoms with E-state index in [4.69, 9.17) is 19.9 Å². The van der Waals surface area contributed by atoms with Gasteiger partial charge in [-0.3, -0.25) is 4.79 Å². The average Bonchev–Trinajstić information content (AvgIpc) is 2.47. The van der Waals surface area contributed by atoms with Crippen LogP contribution in [-0.2, 0) is 20.7 Å². The Hall–Kier alpha value is -1.79. The van der Waals surface area contributed by atoms with Gasteiger partial charge in [0.2, 0.25) is 5.91 Å². The summed E-state index contributed by atoms with van der Waals surface area (Å²) in [7, 11) is 1.64. The van der Waals surface area contributed by atoms with Crippen molar-refractivity contribution in [2.45, 2.75) is 19.3 Å². The number of fused-ring (bicyclic) bond motifs is 1. The van der Waals surface area contributed by atoms with E-state index in [0.29, 0.717) is 44.3 Å². The third-order valence-electron chi connectivity index (χ3n) is 3.25. The molecule has 0 fully saturated rings. The van der Waals surface area contributed by atoms with Gasteiger partial charge in [-0.2, -0.15) is 0 Å². The first-order chi connectivity index (χ1) is 10.2. The lowest BCUT2D eigenvalue weighted by Crippen LogP contribution is -2.19. The fourth-order valence-corrected chi connectivity index (χ4v) is 2.14. The second-order valence-corrected chi connectivity index (χ2v) is 4.90. The highest BCUT2D eigenvalue weighted by molar-refractivity contribution is 5.94. The minimum atomic E-state index is 0.0322. The van der Waals surface area contributed by atoms with E-state index in [0.717, 1.165) is 24.1 Å². The zero-order chi connectivity index (χ0) is 15.1. The number of amides is 1. The lowest BCUT2D eigenvalue weighted by molar-refractivity contribution is -0.116. The lowest BCUT2D eigenvalue weighted by atomic mass is 10.0. The van der Waals surface area contributed by atoms with Gasteiger partial charge in [0.05, 0.1) is 25.5 Å². The molecule has 3 N–H and O–H groups in total. The van der Waals surface area contributed by atoms with Crippen LogP contribution in [0.25, 0.3) is 0 Å². The summed E-state index contributed by atoms with van der Waals surface area (Å²) in [4.78, 5) is 11.4. The standard InChI is InChI=1S/C15H22N2O4/c1-19-7-8-20-5-2-6-21-14-10-13-11(9-12(14)16)3-4-15(18)17-13/h9-10H,2-8,16H2,1H3,(H,17,18). The highest BCUT2D eigenvalue weighted by Gasteiger charge is 2.17. The number of hydrogen-bond donors (Lipinski definition) is 2. The first kappa shape index (κ1) is 15.6. The van der Waals surface area contributed by atoms with Crippen LogP contribution in [0.4, 0.5) is 11.4 Å². The number of carbonyl (C=O) groups is 1. The van der Waals surface area contributed by atoms with E-state index in [2.05, 4.69) is 5.32 Å². The molecule has 1 aliphatic heterocycles. The Balaban J connectivity index is 1.80. The quantitative estimate of drug-likeness (QED) is 0.562. The molecule has 1 aromatic carbocycles. The predicted octanol–water partition coefficient (Wildman–Crippen LogP) is 1.59. The van der Waals surface area contributed by atoms with Crippen molar-refractivity contribution in [1.29, 1.82) is 0 Å². The van der Waals surface area contributed by atoms with Gasteiger partial charge >= 0.3 is 0 Å². The van der Waals surface area contributed by atoms with E-state index in [1.807, 2.05) is 6.07 Å². The third kappa shape index (κ3) is 4.61. The van der Waals surface area contributed by atoms with Crippen molar-refractivity contribution < 1.29 is 19.0 Å². The van der Waals surface area contributed by atoms with Crippen LogP contribution < -0.4 is 15.8 Å². The molecule has 0 radical (unpaired) electrons. The number of aryl methyl sites for hydroxylation is 1. The number of nitrogen functional groups attached to an aromatic ring is 1. The molecular formula is C15H22N2O4. The summed E-state index contributed by atoms with van der Waals surface area (Å²) in [6, 6.07) is 3.67. The van der Waals surface area contributed by atoms with Gasteiger partial charge in [0.1, 0.15) is 5.75 Å². The van der Waals surface area contributed by atoms with E-state index >= 15 is 0 Å². The third-order valence-corrected chi connectivity index (χ3v) is 3.25. The van der Waals surface area contributed by atoms with E-state index in [1.165, 1.54) is 0 Å². The van der Waals surface area contributed by atoms with Crippen LogP contribution >= 0.6 is 0 Å². The van der Waals surface area contributed by atoms with Crippen molar-refractivity contribution in [2.75, 3.05) is 44.6 Å². The molecule has 6 nitrogen and oxygen atoms in total. The Bertz CT molecular complexity index is 491. The Morgan fingerprint density at radius 3 is 2.86 bits per heavy atom. The van der Waals surface area contributed by atoms with Crippen LogP contribution in [0.3, 0.4) is 0 Å². The van der Waals surface area contributed by atoms with Crippen molar-refractivity contribution in [3.05, 3.63) is 17.7 Å². The molecule has 1 heterocycles. The molecule has 1 aliphatic rings. The fraction of sp³-hybridized carbons (Fsp3) is 0.533. The molecule has 0 spiro atoms. The molecule has 0 atom stereocenters. The van der Waals surface area contributed by atoms with Crippen molar-refractivity contribution in [3.63, 3.8) is 0 Å². The average molecular weight is 294 g/mol. The maximum Gasteiger partial charge on any atom is 0.224 e. The molecule has 0 aromatic heterocycles. The molecule has 21 heavy (non-hydrogen) atoms. The van der Waals surface area contributed by atoms with Crippen LogP contribution in [0.2, 0.25) is 0 Å².